The van der Waals surface area contributed by atoms with Gasteiger partial charge >= 0.3 is 0 Å². The van der Waals surface area contributed by atoms with E-state index in [1.807, 2.05) is 30.7 Å². The maximum Gasteiger partial charge on any atom is 0.200 e. The summed E-state index contributed by atoms with van der Waals surface area (Å²) in [6, 6.07) is 3.73. The summed E-state index contributed by atoms with van der Waals surface area (Å²) in [4.78, 5) is 4.19. The fourth-order valence-corrected chi connectivity index (χ4v) is 1.82. The van der Waals surface area contributed by atoms with Crippen LogP contribution in [0.4, 0.5) is 5.95 Å². The highest BCUT2D eigenvalue weighted by atomic mass is 35.5. The van der Waals surface area contributed by atoms with Crippen LogP contribution >= 0.6 is 11.6 Å². The van der Waals surface area contributed by atoms with Crippen molar-refractivity contribution in [2.75, 3.05) is 5.73 Å². The van der Waals surface area contributed by atoms with Gasteiger partial charge in [0, 0.05) is 12.1 Å². The quantitative estimate of drug-likeness (QED) is 0.700. The molecular weight excluding hydrogens is 186 g/mol. The molecule has 2 N–H and O–H groups in total. The van der Waals surface area contributed by atoms with E-state index in [1.165, 1.54) is 0 Å². The number of nitrogen functional groups attached to an aromatic ring is 1. The van der Waals surface area contributed by atoms with E-state index in [1.54, 1.807) is 0 Å². The van der Waals surface area contributed by atoms with Crippen molar-refractivity contribution in [3.8, 4) is 0 Å². The number of hydrogen-bond acceptors (Lipinski definition) is 2. The molecule has 0 aliphatic heterocycles. The number of nitrogens with zero attached hydrogens (tertiary/aromatic N) is 2. The van der Waals surface area contributed by atoms with Crippen LogP contribution in [0.5, 0.6) is 0 Å². The van der Waals surface area contributed by atoms with Gasteiger partial charge in [0.25, 0.3) is 0 Å². The molecule has 0 spiro atoms. The van der Waals surface area contributed by atoms with E-state index in [-0.39, 0.29) is 0 Å². The highest BCUT2D eigenvalue weighted by molar-refractivity contribution is 6.31. The lowest BCUT2D eigenvalue weighted by atomic mass is 10.2. The predicted octanol–water partition coefficient (Wildman–Crippen LogP) is 2.12. The molecule has 68 valence electrons. The lowest BCUT2D eigenvalue weighted by Gasteiger charge is -2.00. The van der Waals surface area contributed by atoms with Crippen LogP contribution in [-0.4, -0.2) is 9.55 Å². The van der Waals surface area contributed by atoms with Crippen LogP contribution in [0.25, 0.3) is 11.0 Å². The molecule has 0 aliphatic carbocycles. The van der Waals surface area contributed by atoms with E-state index < -0.39 is 0 Å². The second-order valence-electron chi connectivity index (χ2n) is 3.12. The minimum absolute atomic E-state index is 0.514. The van der Waals surface area contributed by atoms with Crippen LogP contribution in [0.3, 0.4) is 0 Å². The molecule has 13 heavy (non-hydrogen) atoms. The number of rotatable bonds is 0. The Labute approximate surface area is 81.1 Å². The molecule has 0 bridgehead atoms. The van der Waals surface area contributed by atoms with Gasteiger partial charge in [0.15, 0.2) is 0 Å². The van der Waals surface area contributed by atoms with Crippen molar-refractivity contribution in [2.24, 2.45) is 7.05 Å². The molecule has 1 aromatic carbocycles. The molecule has 2 rings (SSSR count). The van der Waals surface area contributed by atoms with E-state index in [2.05, 4.69) is 4.98 Å². The zero-order chi connectivity index (χ0) is 9.59. The van der Waals surface area contributed by atoms with Gasteiger partial charge in [0.2, 0.25) is 5.95 Å². The third kappa shape index (κ3) is 1.16. The number of imidazole rings is 1. The molecule has 0 saturated carbocycles. The van der Waals surface area contributed by atoms with Crippen molar-refractivity contribution < 1.29 is 0 Å². The minimum Gasteiger partial charge on any atom is -0.369 e. The molecule has 1 aromatic heterocycles. The summed E-state index contributed by atoms with van der Waals surface area (Å²) >= 11 is 5.90. The third-order valence-corrected chi connectivity index (χ3v) is 2.38. The summed E-state index contributed by atoms with van der Waals surface area (Å²) in [5.41, 5.74) is 8.67. The number of halogens is 1. The first-order chi connectivity index (χ1) is 6.09. The van der Waals surface area contributed by atoms with Crippen LogP contribution in [-0.2, 0) is 7.05 Å². The van der Waals surface area contributed by atoms with Gasteiger partial charge in [-0.3, -0.25) is 0 Å². The Kier molecular flexibility index (Phi) is 1.70. The van der Waals surface area contributed by atoms with E-state index in [9.17, 15) is 0 Å². The maximum atomic E-state index is 5.90. The van der Waals surface area contributed by atoms with E-state index in [4.69, 9.17) is 17.3 Å². The summed E-state index contributed by atoms with van der Waals surface area (Å²) in [6.07, 6.45) is 0. The smallest absolute Gasteiger partial charge is 0.200 e. The summed E-state index contributed by atoms with van der Waals surface area (Å²) in [5.74, 6) is 0.514. The summed E-state index contributed by atoms with van der Waals surface area (Å²) in [6.45, 7) is 2.00. The van der Waals surface area contributed by atoms with E-state index in [0.717, 1.165) is 16.6 Å². The molecule has 0 unspecified atom stereocenters. The second kappa shape index (κ2) is 2.64. The van der Waals surface area contributed by atoms with Crippen LogP contribution in [0.1, 0.15) is 5.56 Å². The first-order valence-corrected chi connectivity index (χ1v) is 4.35. The van der Waals surface area contributed by atoms with Crippen molar-refractivity contribution in [1.82, 2.24) is 9.55 Å². The summed E-state index contributed by atoms with van der Waals surface area (Å²) in [7, 11) is 1.89. The lowest BCUT2D eigenvalue weighted by Crippen LogP contribution is -1.96. The molecule has 0 radical (unpaired) electrons. The van der Waals surface area contributed by atoms with Crippen molar-refractivity contribution in [2.45, 2.75) is 6.92 Å². The molecule has 0 fully saturated rings. The number of fused-ring (bicyclic) bond motifs is 1. The minimum atomic E-state index is 0.514. The normalized spacial score (nSPS) is 11.0. The van der Waals surface area contributed by atoms with Crippen LogP contribution < -0.4 is 5.73 Å². The van der Waals surface area contributed by atoms with Gasteiger partial charge in [-0.15, -0.1) is 0 Å². The van der Waals surface area contributed by atoms with Crippen molar-refractivity contribution in [1.29, 1.82) is 0 Å². The Balaban J connectivity index is 2.94. The number of aryl methyl sites for hydroxylation is 2. The fraction of sp³-hybridized carbons (Fsp3) is 0.222. The third-order valence-electron chi connectivity index (χ3n) is 2.16. The van der Waals surface area contributed by atoms with Gasteiger partial charge in [-0.05, 0) is 24.6 Å². The van der Waals surface area contributed by atoms with E-state index >= 15 is 0 Å². The standard InChI is InChI=1S/C9H10ClN3/c1-5-3-6(10)4-7-8(5)13(2)9(11)12-7/h3-4H,1-2H3,(H2,11,12). The first-order valence-electron chi connectivity index (χ1n) is 3.97. The Bertz CT molecular complexity index is 473. The molecular formula is C9H10ClN3. The van der Waals surface area contributed by atoms with Crippen LogP contribution in [0, 0.1) is 6.92 Å². The predicted molar refractivity (Wildman–Crippen MR) is 54.9 cm³/mol. The van der Waals surface area contributed by atoms with E-state index in [0.29, 0.717) is 11.0 Å². The monoisotopic (exact) mass is 195 g/mol. The number of nitrogens with two attached hydrogens (primary N) is 1. The Morgan fingerprint density at radius 3 is 2.85 bits per heavy atom. The highest BCUT2D eigenvalue weighted by Crippen LogP contribution is 2.24. The molecule has 4 heteroatoms. The molecule has 0 amide bonds. The van der Waals surface area contributed by atoms with Crippen LogP contribution in [0.2, 0.25) is 5.02 Å². The van der Waals surface area contributed by atoms with Gasteiger partial charge in [0.1, 0.15) is 0 Å². The van der Waals surface area contributed by atoms with Crippen LogP contribution in [0.15, 0.2) is 12.1 Å². The molecule has 3 nitrogen and oxygen atoms in total. The number of anilines is 1. The van der Waals surface area contributed by atoms with Gasteiger partial charge in [0.05, 0.1) is 11.0 Å². The zero-order valence-electron chi connectivity index (χ0n) is 7.50. The van der Waals surface area contributed by atoms with Gasteiger partial charge < -0.3 is 10.3 Å². The number of benzene rings is 1. The molecule has 2 aromatic rings. The number of hydrogen-bond donors (Lipinski definition) is 1. The highest BCUT2D eigenvalue weighted by Gasteiger charge is 2.07. The zero-order valence-corrected chi connectivity index (χ0v) is 8.26. The van der Waals surface area contributed by atoms with Crippen molar-refractivity contribution in [3.05, 3.63) is 22.7 Å². The van der Waals surface area contributed by atoms with Gasteiger partial charge in [-0.25, -0.2) is 4.98 Å². The van der Waals surface area contributed by atoms with Crippen molar-refractivity contribution >= 4 is 28.6 Å². The van der Waals surface area contributed by atoms with Crippen molar-refractivity contribution in [3.63, 3.8) is 0 Å². The topological polar surface area (TPSA) is 43.8 Å². The fourth-order valence-electron chi connectivity index (χ4n) is 1.55. The maximum absolute atomic E-state index is 5.90. The molecule has 1 heterocycles. The summed E-state index contributed by atoms with van der Waals surface area (Å²) < 4.78 is 1.86. The average Bonchev–Trinajstić information content (AvgIpc) is 2.27. The SMILES string of the molecule is Cc1cc(Cl)cc2nc(N)n(C)c12. The lowest BCUT2D eigenvalue weighted by molar-refractivity contribution is 0.961. The number of aromatic nitrogens is 2. The Morgan fingerprint density at radius 1 is 1.46 bits per heavy atom. The average molecular weight is 196 g/mol. The molecule has 0 atom stereocenters. The second-order valence-corrected chi connectivity index (χ2v) is 3.56. The first kappa shape index (κ1) is 8.38. The van der Waals surface area contributed by atoms with Gasteiger partial charge in [-0.2, -0.15) is 0 Å². The Morgan fingerprint density at radius 2 is 2.15 bits per heavy atom. The molecule has 0 saturated heterocycles. The molecule has 0 aliphatic rings. The largest absolute Gasteiger partial charge is 0.369 e. The summed E-state index contributed by atoms with van der Waals surface area (Å²) in [5, 5.41) is 0.697. The van der Waals surface area contributed by atoms with Gasteiger partial charge in [-0.1, -0.05) is 11.6 Å². The Hall–Kier alpha value is -1.22.